The predicted molar refractivity (Wildman–Crippen MR) is 148 cm³/mol. The summed E-state index contributed by atoms with van der Waals surface area (Å²) in [4.78, 5) is 0. The van der Waals surface area contributed by atoms with Crippen molar-refractivity contribution in [1.82, 2.24) is 0 Å². The Bertz CT molecular complexity index is 1260. The maximum atomic E-state index is 10.3. The molecule has 0 fully saturated rings. The van der Waals surface area contributed by atoms with Gasteiger partial charge in [0, 0.05) is 0 Å². The van der Waals surface area contributed by atoms with Gasteiger partial charge >= 0.3 is 14.2 Å². The molecule has 0 spiro atoms. The molecular weight excluding hydrogens is 454 g/mol. The Morgan fingerprint density at radius 3 is 1.67 bits per heavy atom. The summed E-state index contributed by atoms with van der Waals surface area (Å²) >= 11 is 0. The molecule has 0 radical (unpaired) electrons. The third-order valence-electron chi connectivity index (χ3n) is 6.41. The molecule has 4 N–H and O–H groups in total. The van der Waals surface area contributed by atoms with Crippen LogP contribution in [0.3, 0.4) is 0 Å². The largest absolute Gasteiger partial charge is 0.495 e. The number of aliphatic hydroxyl groups excluding tert-OH is 1. The maximum Gasteiger partial charge on any atom is 0.495 e. The third kappa shape index (κ3) is 6.73. The molecule has 4 rings (SSSR count). The van der Waals surface area contributed by atoms with Crippen LogP contribution >= 0.6 is 0 Å². The van der Waals surface area contributed by atoms with Gasteiger partial charge in [-0.3, -0.25) is 0 Å². The molecule has 0 aliphatic rings. The van der Waals surface area contributed by atoms with Crippen molar-refractivity contribution in [2.75, 3.05) is 13.2 Å². The summed E-state index contributed by atoms with van der Waals surface area (Å²) in [6.45, 7) is 7.14. The minimum atomic E-state index is -1.40. The Hall–Kier alpha value is -2.71. The van der Waals surface area contributed by atoms with Gasteiger partial charge in [-0.15, -0.1) is 0 Å². The molecule has 0 amide bonds. The number of rotatable bonds is 8. The second-order valence-corrected chi connectivity index (χ2v) is 9.62. The molecule has 0 aliphatic carbocycles. The molecule has 4 aromatic rings. The molecule has 188 valence electrons. The van der Waals surface area contributed by atoms with Gasteiger partial charge in [0.1, 0.15) is 0 Å². The smallest absolute Gasteiger partial charge is 0.423 e. The highest BCUT2D eigenvalue weighted by Gasteiger charge is 2.41. The van der Waals surface area contributed by atoms with E-state index in [4.69, 9.17) is 24.5 Å². The zero-order chi connectivity index (χ0) is 26.3. The van der Waals surface area contributed by atoms with E-state index in [1.807, 2.05) is 92.7 Å². The zero-order valence-electron chi connectivity index (χ0n) is 21.3. The van der Waals surface area contributed by atoms with E-state index in [1.54, 1.807) is 19.9 Å². The molecule has 0 saturated heterocycles. The van der Waals surface area contributed by atoms with Crippen LogP contribution in [0.15, 0.2) is 84.9 Å². The summed E-state index contributed by atoms with van der Waals surface area (Å²) in [6, 6.07) is 27.0. The lowest BCUT2D eigenvalue weighted by atomic mass is 9.73. The average Bonchev–Trinajstić information content (AvgIpc) is 2.85. The van der Waals surface area contributed by atoms with Crippen molar-refractivity contribution in [3.05, 3.63) is 84.9 Å². The standard InChI is InChI=1S/C18H25BO4.C10H9BO2/c1-17(2,21)18(3,4)23-19(22-13-12-20)16-11-7-9-14-8-5-6-10-15(14)16;12-11(13)10-7-3-5-8-4-1-2-6-9(8)10/h5-11,20-21H,12-13H2,1-4H3;1-7,12-13H. The predicted octanol–water partition coefficient (Wildman–Crippen LogP) is 2.63. The van der Waals surface area contributed by atoms with E-state index in [2.05, 4.69) is 0 Å². The normalized spacial score (nSPS) is 11.8. The molecule has 36 heavy (non-hydrogen) atoms. The lowest BCUT2D eigenvalue weighted by molar-refractivity contribution is -0.101. The minimum absolute atomic E-state index is 0.0897. The topological polar surface area (TPSA) is 99.4 Å². The molecule has 0 unspecified atom stereocenters. The molecule has 0 heterocycles. The van der Waals surface area contributed by atoms with Gasteiger partial charge < -0.3 is 29.6 Å². The average molecular weight is 488 g/mol. The Labute approximate surface area is 213 Å². The first-order valence-corrected chi connectivity index (χ1v) is 12.0. The Morgan fingerprint density at radius 2 is 1.17 bits per heavy atom. The van der Waals surface area contributed by atoms with E-state index in [-0.39, 0.29) is 13.2 Å². The van der Waals surface area contributed by atoms with Crippen LogP contribution in [0.4, 0.5) is 0 Å². The molecule has 8 heteroatoms. The zero-order valence-corrected chi connectivity index (χ0v) is 21.3. The lowest BCUT2D eigenvalue weighted by Gasteiger charge is -2.39. The summed E-state index contributed by atoms with van der Waals surface area (Å²) in [7, 11) is -2.07. The molecule has 0 saturated carbocycles. The molecule has 0 aliphatic heterocycles. The van der Waals surface area contributed by atoms with E-state index < -0.39 is 25.4 Å². The monoisotopic (exact) mass is 488 g/mol. The van der Waals surface area contributed by atoms with Crippen molar-refractivity contribution in [1.29, 1.82) is 0 Å². The molecule has 0 aromatic heterocycles. The van der Waals surface area contributed by atoms with Gasteiger partial charge in [-0.25, -0.2) is 0 Å². The van der Waals surface area contributed by atoms with Crippen LogP contribution in [0.1, 0.15) is 27.7 Å². The van der Waals surface area contributed by atoms with Crippen LogP contribution < -0.4 is 10.9 Å². The minimum Gasteiger partial charge on any atom is -0.423 e. The van der Waals surface area contributed by atoms with Crippen molar-refractivity contribution in [3.8, 4) is 0 Å². The van der Waals surface area contributed by atoms with Gasteiger partial charge in [-0.2, -0.15) is 0 Å². The van der Waals surface area contributed by atoms with Crippen molar-refractivity contribution >= 4 is 46.7 Å². The Balaban J connectivity index is 0.000000233. The van der Waals surface area contributed by atoms with E-state index in [0.29, 0.717) is 5.46 Å². The van der Waals surface area contributed by atoms with E-state index >= 15 is 0 Å². The second-order valence-electron chi connectivity index (χ2n) is 9.62. The first-order chi connectivity index (χ1) is 17.0. The van der Waals surface area contributed by atoms with Gasteiger partial charge in [0.25, 0.3) is 0 Å². The fourth-order valence-corrected chi connectivity index (χ4v) is 3.69. The highest BCUT2D eigenvalue weighted by molar-refractivity contribution is 6.64. The first-order valence-electron chi connectivity index (χ1n) is 12.0. The van der Waals surface area contributed by atoms with Gasteiger partial charge in [-0.1, -0.05) is 84.9 Å². The number of hydrogen-bond donors (Lipinski definition) is 4. The van der Waals surface area contributed by atoms with E-state index in [9.17, 15) is 5.11 Å². The number of fused-ring (bicyclic) bond motifs is 2. The van der Waals surface area contributed by atoms with Crippen LogP contribution in [-0.2, 0) is 9.31 Å². The number of benzene rings is 4. The fraction of sp³-hybridized carbons (Fsp3) is 0.286. The highest BCUT2D eigenvalue weighted by atomic mass is 16.6. The number of hydrogen-bond acceptors (Lipinski definition) is 6. The number of aliphatic hydroxyl groups is 2. The van der Waals surface area contributed by atoms with Gasteiger partial charge in [-0.05, 0) is 60.2 Å². The van der Waals surface area contributed by atoms with E-state index in [1.165, 1.54) is 0 Å². The fourth-order valence-electron chi connectivity index (χ4n) is 3.69. The Morgan fingerprint density at radius 1 is 0.694 bits per heavy atom. The molecule has 4 aromatic carbocycles. The summed E-state index contributed by atoms with van der Waals surface area (Å²) in [5.74, 6) is 0. The third-order valence-corrected chi connectivity index (χ3v) is 6.41. The van der Waals surface area contributed by atoms with Crippen LogP contribution in [0.5, 0.6) is 0 Å². The Kier molecular flexibility index (Phi) is 9.30. The lowest BCUT2D eigenvalue weighted by Crippen LogP contribution is -2.54. The second kappa shape index (κ2) is 12.0. The molecule has 0 atom stereocenters. The van der Waals surface area contributed by atoms with Crippen molar-refractivity contribution in [2.24, 2.45) is 0 Å². The SMILES string of the molecule is CC(C)(O)C(C)(C)OB(OCCO)c1cccc2ccccc12.OB(O)c1cccc2ccccc12. The summed E-state index contributed by atoms with van der Waals surface area (Å²) in [5.41, 5.74) is -0.436. The molecular formula is C28H34B2O6. The van der Waals surface area contributed by atoms with Gasteiger partial charge in [0.05, 0.1) is 24.4 Å². The first kappa shape index (κ1) is 27.9. The quantitative estimate of drug-likeness (QED) is 0.285. The van der Waals surface area contributed by atoms with Crippen molar-refractivity contribution < 1.29 is 29.6 Å². The summed E-state index contributed by atoms with van der Waals surface area (Å²) in [5, 5.41) is 41.6. The molecule has 6 nitrogen and oxygen atoms in total. The van der Waals surface area contributed by atoms with Gasteiger partial charge in [0.2, 0.25) is 0 Å². The molecule has 0 bridgehead atoms. The summed E-state index contributed by atoms with van der Waals surface area (Å²) in [6.07, 6.45) is 0. The summed E-state index contributed by atoms with van der Waals surface area (Å²) < 4.78 is 11.8. The van der Waals surface area contributed by atoms with Crippen LogP contribution in [-0.4, -0.2) is 58.9 Å². The van der Waals surface area contributed by atoms with Crippen LogP contribution in [0, 0.1) is 0 Å². The van der Waals surface area contributed by atoms with Crippen LogP contribution in [0.25, 0.3) is 21.5 Å². The highest BCUT2D eigenvalue weighted by Crippen LogP contribution is 2.26. The van der Waals surface area contributed by atoms with Crippen LogP contribution in [0.2, 0.25) is 0 Å². The van der Waals surface area contributed by atoms with Crippen molar-refractivity contribution in [2.45, 2.75) is 38.9 Å². The van der Waals surface area contributed by atoms with Gasteiger partial charge in [0.15, 0.2) is 0 Å². The van der Waals surface area contributed by atoms with Crippen molar-refractivity contribution in [3.63, 3.8) is 0 Å². The maximum absolute atomic E-state index is 10.3. The van der Waals surface area contributed by atoms with E-state index in [0.717, 1.165) is 27.0 Å².